The quantitative estimate of drug-likeness (QED) is 0.0536. The number of alkyl halides is 3. The summed E-state index contributed by atoms with van der Waals surface area (Å²) in [6.45, 7) is 21.6. The molecule has 3 aliphatic heterocycles. The highest BCUT2D eigenvalue weighted by Gasteiger charge is 2.41. The van der Waals surface area contributed by atoms with Gasteiger partial charge in [-0.15, -0.1) is 0 Å². The van der Waals surface area contributed by atoms with Crippen LogP contribution >= 0.6 is 0 Å². The second-order valence-electron chi connectivity index (χ2n) is 23.4. The van der Waals surface area contributed by atoms with Gasteiger partial charge in [-0.1, -0.05) is 38.6 Å². The maximum absolute atomic E-state index is 13.9. The van der Waals surface area contributed by atoms with Crippen LogP contribution in [0.3, 0.4) is 0 Å². The Morgan fingerprint density at radius 2 is 1.55 bits per heavy atom. The number of primary amides is 1. The minimum atomic E-state index is -4.75. The van der Waals surface area contributed by atoms with Crippen molar-refractivity contribution in [2.45, 2.75) is 72.4 Å². The summed E-state index contributed by atoms with van der Waals surface area (Å²) in [4.78, 5) is 65.1. The number of aromatic nitrogens is 2. The van der Waals surface area contributed by atoms with E-state index < -0.39 is 17.8 Å². The van der Waals surface area contributed by atoms with Crippen LogP contribution in [0.4, 0.5) is 64.7 Å². The number of piperazine rings is 1. The molecule has 0 spiro atoms. The minimum Gasteiger partial charge on any atom is -0.492 e. The number of para-hydroxylation sites is 1. The lowest BCUT2D eigenvalue weighted by atomic mass is 9.71. The van der Waals surface area contributed by atoms with Crippen LogP contribution in [0.25, 0.3) is 0 Å². The van der Waals surface area contributed by atoms with Gasteiger partial charge in [-0.2, -0.15) is 18.2 Å². The van der Waals surface area contributed by atoms with Gasteiger partial charge in [0, 0.05) is 114 Å². The Balaban J connectivity index is 0.696. The number of amides is 3. The normalized spacial score (nSPS) is 18.5. The molecule has 0 unspecified atom stereocenters. The lowest BCUT2D eigenvalue weighted by molar-refractivity contribution is -0.137. The van der Waals surface area contributed by atoms with Gasteiger partial charge in [0.05, 0.1) is 41.1 Å². The number of anilines is 8. The number of carbonyl (C=O) groups excluding carboxylic acids is 3. The third-order valence-electron chi connectivity index (χ3n) is 16.6. The number of aryl methyl sites for hydroxylation is 1. The third-order valence-corrected chi connectivity index (χ3v) is 16.6. The zero-order valence-electron chi connectivity index (χ0n) is 49.7. The number of rotatable bonds is 20. The number of piperidine rings is 2. The van der Waals surface area contributed by atoms with Crippen molar-refractivity contribution < 1.29 is 37.0 Å². The number of halogens is 3. The van der Waals surface area contributed by atoms with Gasteiger partial charge in [0.1, 0.15) is 29.5 Å². The molecule has 4 fully saturated rings. The van der Waals surface area contributed by atoms with Gasteiger partial charge < -0.3 is 56.1 Å². The number of hydrogen-bond acceptors (Lipinski definition) is 15. The van der Waals surface area contributed by atoms with Crippen molar-refractivity contribution in [3.05, 3.63) is 126 Å². The summed E-state index contributed by atoms with van der Waals surface area (Å²) in [6.07, 6.45) is 1.82. The number of aliphatic imine (C=N–C) groups is 1. The second kappa shape index (κ2) is 26.8. The molecule has 4 heterocycles. The van der Waals surface area contributed by atoms with Crippen LogP contribution in [0.1, 0.15) is 75.2 Å². The average Bonchev–Trinajstić information content (AvgIpc) is 2.84. The summed E-state index contributed by atoms with van der Waals surface area (Å²) in [7, 11) is 3.60. The van der Waals surface area contributed by atoms with Crippen LogP contribution in [-0.4, -0.2) is 148 Å². The first-order valence-corrected chi connectivity index (χ1v) is 29.3. The summed E-state index contributed by atoms with van der Waals surface area (Å²) in [5.41, 5.74) is 15.9. The number of nitrogens with two attached hydrogens (primary N) is 2. The lowest BCUT2D eigenvalue weighted by Crippen LogP contribution is -2.50. The number of hydrogen-bond donors (Lipinski definition) is 4. The molecule has 1 aromatic heterocycles. The maximum atomic E-state index is 13.9. The molecule has 18 nitrogen and oxygen atoms in total. The van der Waals surface area contributed by atoms with Gasteiger partial charge >= 0.3 is 6.18 Å². The number of likely N-dealkylation sites (tertiary alicyclic amines) is 1. The number of allylic oxidation sites excluding steroid dienone is 3. The topological polar surface area (TPSA) is 203 Å². The van der Waals surface area contributed by atoms with E-state index in [0.29, 0.717) is 71.6 Å². The first-order valence-electron chi connectivity index (χ1n) is 29.3. The van der Waals surface area contributed by atoms with E-state index in [1.807, 2.05) is 100 Å². The van der Waals surface area contributed by atoms with E-state index in [0.717, 1.165) is 120 Å². The Kier molecular flexibility index (Phi) is 19.4. The summed E-state index contributed by atoms with van der Waals surface area (Å²) in [6, 6.07) is 26.0. The minimum absolute atomic E-state index is 0.00506. The first kappa shape index (κ1) is 61.4. The molecule has 452 valence electrons. The van der Waals surface area contributed by atoms with Crippen molar-refractivity contribution in [1.82, 2.24) is 24.7 Å². The number of ether oxygens (including phenoxy) is 2. The van der Waals surface area contributed by atoms with Gasteiger partial charge in [-0.25, -0.2) is 4.98 Å². The molecule has 9 rings (SSSR count). The zero-order valence-corrected chi connectivity index (χ0v) is 49.7. The van der Waals surface area contributed by atoms with E-state index in [1.54, 1.807) is 25.4 Å². The van der Waals surface area contributed by atoms with E-state index in [-0.39, 0.29) is 46.1 Å². The Hall–Kier alpha value is -8.17. The average molecular weight is 1170 g/mol. The highest BCUT2D eigenvalue weighted by atomic mass is 19.4. The van der Waals surface area contributed by atoms with Crippen molar-refractivity contribution in [3.63, 3.8) is 0 Å². The van der Waals surface area contributed by atoms with Crippen LogP contribution in [-0.2, 0) is 9.59 Å². The van der Waals surface area contributed by atoms with E-state index in [2.05, 4.69) is 52.9 Å². The van der Waals surface area contributed by atoms with Gasteiger partial charge in [-0.3, -0.25) is 24.3 Å². The van der Waals surface area contributed by atoms with Crippen molar-refractivity contribution in [2.24, 2.45) is 33.7 Å². The van der Waals surface area contributed by atoms with Crippen LogP contribution < -0.4 is 46.3 Å². The molecule has 1 saturated carbocycles. The summed E-state index contributed by atoms with van der Waals surface area (Å²) in [5, 5.41) is 6.59. The van der Waals surface area contributed by atoms with Gasteiger partial charge in [0.2, 0.25) is 18.3 Å². The Morgan fingerprint density at radius 1 is 0.847 bits per heavy atom. The molecule has 0 atom stereocenters. The Morgan fingerprint density at radius 3 is 2.22 bits per heavy atom. The lowest BCUT2D eigenvalue weighted by Gasteiger charge is -2.40. The summed E-state index contributed by atoms with van der Waals surface area (Å²) in [5.74, 6) is 2.45. The van der Waals surface area contributed by atoms with Crippen molar-refractivity contribution in [2.75, 3.05) is 118 Å². The molecular formula is C64H80F3N13O5. The highest BCUT2D eigenvalue weighted by molar-refractivity contribution is 6.07. The van der Waals surface area contributed by atoms with Gasteiger partial charge in [-0.05, 0) is 136 Å². The fraction of sp³-hybridized carbons (Fsp3) is 0.438. The van der Waals surface area contributed by atoms with Crippen LogP contribution in [0, 0.1) is 24.2 Å². The van der Waals surface area contributed by atoms with Gasteiger partial charge in [0.25, 0.3) is 5.91 Å². The predicted octanol–water partition coefficient (Wildman–Crippen LogP) is 10.5. The predicted molar refractivity (Wildman–Crippen MR) is 330 cm³/mol. The van der Waals surface area contributed by atoms with E-state index >= 15 is 0 Å². The van der Waals surface area contributed by atoms with E-state index in [9.17, 15) is 27.6 Å². The van der Waals surface area contributed by atoms with Crippen LogP contribution in [0.5, 0.6) is 11.5 Å². The highest BCUT2D eigenvalue weighted by Crippen LogP contribution is 2.44. The molecule has 1 aliphatic carbocycles. The molecule has 4 aliphatic rings. The number of benzene rings is 4. The maximum Gasteiger partial charge on any atom is 0.431 e. The summed E-state index contributed by atoms with van der Waals surface area (Å²) >= 11 is 0. The van der Waals surface area contributed by atoms with E-state index in [1.165, 1.54) is 11.0 Å². The number of nitrogens with zero attached hydrogens (tertiary/aromatic N) is 9. The largest absolute Gasteiger partial charge is 0.492 e. The van der Waals surface area contributed by atoms with E-state index in [4.69, 9.17) is 25.9 Å². The molecule has 5 aromatic rings. The fourth-order valence-electron chi connectivity index (χ4n) is 12.0. The molecule has 21 heteroatoms. The Labute approximate surface area is 496 Å². The molecule has 3 saturated heterocycles. The van der Waals surface area contributed by atoms with Crippen LogP contribution in [0.15, 0.2) is 120 Å². The SMILES string of the molecule is C=C1CC(C)(C)CC(=Nc2ccc(C(N)=O)c(Nc3ccc(OCCN4CCN(CC5CCN(C(=O)C6CCN(c7ccc(Nc8ncc(N(C)C=O)c(N(C)c9ccccc9C)n8)c(OCC)c7)CC6)CC5)CC4)cc3)c2)C1=C(N)C(F)(F)F. The molecular weight excluding hydrogens is 1090 g/mol. The first-order chi connectivity index (χ1) is 40.7. The number of carbonyl (C=O) groups is 3. The standard InChI is InChI=1S/C64H80F3N13O5/c1-8-84-56-36-48(16-20-51(56)73-62-70-39-55(75(6)41-81)60(74-62)76(7)54-12-10-9-11-42(54)2)79-27-23-45(24-28-79)61(83)80-25-21-44(22-26-80)40-78-31-29-77(30-32-78)33-34-85-49-17-13-46(14-18-49)71-52-35-47(15-19-50(52)59(69)82)72-53-38-63(4,5)37-43(3)57(53)58(68)64(65,66)67/h9-20,35-36,39,41,44-45,71H,3,8,21-34,37-38,40,68H2,1-2,4-7H3,(H2,69,82)(H,70,73,74). The second-order valence-corrected chi connectivity index (χ2v) is 23.4. The fourth-order valence-corrected chi connectivity index (χ4v) is 12.0. The third kappa shape index (κ3) is 15.2. The Bertz CT molecular complexity index is 3270. The molecule has 3 amide bonds. The number of nitrogens with one attached hydrogen (secondary N) is 2. The van der Waals surface area contributed by atoms with Gasteiger partial charge in [0.15, 0.2) is 5.82 Å². The monoisotopic (exact) mass is 1170 g/mol. The molecule has 85 heavy (non-hydrogen) atoms. The molecule has 0 radical (unpaired) electrons. The zero-order chi connectivity index (χ0) is 60.6. The van der Waals surface area contributed by atoms with Crippen molar-refractivity contribution in [3.8, 4) is 11.5 Å². The van der Waals surface area contributed by atoms with Crippen molar-refractivity contribution in [1.29, 1.82) is 0 Å². The summed E-state index contributed by atoms with van der Waals surface area (Å²) < 4.78 is 53.8. The van der Waals surface area contributed by atoms with Crippen LogP contribution in [0.2, 0.25) is 0 Å². The smallest absolute Gasteiger partial charge is 0.431 e. The molecule has 4 aromatic carbocycles. The molecule has 0 bridgehead atoms. The van der Waals surface area contributed by atoms with Crippen molar-refractivity contribution >= 4 is 75.5 Å². The molecule has 6 N–H and O–H groups in total.